The lowest BCUT2D eigenvalue weighted by molar-refractivity contribution is -0.143. The molecule has 0 spiro atoms. The Morgan fingerprint density at radius 3 is 1.94 bits per heavy atom. The number of methoxy groups -OCH3 is 3. The average molecular weight is 648 g/mol. The number of alkyl carbamates (subject to hydrolysis) is 1. The van der Waals surface area contributed by atoms with Gasteiger partial charge in [0.05, 0.1) is 21.3 Å². The number of carbonyl (C=O) groups excluding carboxylic acids is 5. The molecule has 0 saturated heterocycles. The van der Waals surface area contributed by atoms with Gasteiger partial charge in [0.1, 0.15) is 23.4 Å². The molecule has 0 bridgehead atoms. The number of amides is 3. The number of hydrogen-bond acceptors (Lipinski definition) is 9. The molecule has 2 atom stereocenters. The Hall–Kier alpha value is -5.39. The Balaban J connectivity index is 1.80. The zero-order valence-corrected chi connectivity index (χ0v) is 26.8. The number of hydrogen-bond donors (Lipinski definition) is 3. The van der Waals surface area contributed by atoms with E-state index in [1.54, 1.807) is 6.07 Å². The molecule has 12 heteroatoms. The van der Waals surface area contributed by atoms with Crippen LogP contribution in [0.1, 0.15) is 39.9 Å². The van der Waals surface area contributed by atoms with Crippen LogP contribution in [-0.2, 0) is 47.9 Å². The van der Waals surface area contributed by atoms with Crippen molar-refractivity contribution < 1.29 is 42.9 Å². The summed E-state index contributed by atoms with van der Waals surface area (Å²) in [7, 11) is 3.61. The van der Waals surface area contributed by atoms with Crippen LogP contribution in [0.25, 0.3) is 0 Å². The van der Waals surface area contributed by atoms with Gasteiger partial charge in [0.2, 0.25) is 11.8 Å². The Morgan fingerprint density at radius 2 is 1.30 bits per heavy atom. The minimum atomic E-state index is -1.08. The molecule has 12 nitrogen and oxygen atoms in total. The summed E-state index contributed by atoms with van der Waals surface area (Å²) in [6.45, 7) is -0.0548. The van der Waals surface area contributed by atoms with E-state index in [-0.39, 0.29) is 24.2 Å². The molecule has 2 unspecified atom stereocenters. The fourth-order valence-corrected chi connectivity index (χ4v) is 4.71. The van der Waals surface area contributed by atoms with Gasteiger partial charge in [0, 0.05) is 19.4 Å². The first-order chi connectivity index (χ1) is 22.7. The first-order valence-corrected chi connectivity index (χ1v) is 15.1. The van der Waals surface area contributed by atoms with E-state index in [0.29, 0.717) is 18.5 Å². The molecular formula is C35H41N3O9. The number of ether oxygens (including phenoxy) is 4. The van der Waals surface area contributed by atoms with Gasteiger partial charge in [-0.1, -0.05) is 66.7 Å². The van der Waals surface area contributed by atoms with Crippen molar-refractivity contribution in [3.8, 4) is 5.75 Å². The van der Waals surface area contributed by atoms with Gasteiger partial charge in [-0.25, -0.2) is 14.4 Å². The van der Waals surface area contributed by atoms with Crippen molar-refractivity contribution in [3.05, 3.63) is 101 Å². The summed E-state index contributed by atoms with van der Waals surface area (Å²) in [6, 6.07) is 21.5. The van der Waals surface area contributed by atoms with Crippen LogP contribution < -0.4 is 20.7 Å². The molecule has 0 heterocycles. The van der Waals surface area contributed by atoms with E-state index in [0.717, 1.165) is 18.4 Å². The molecule has 3 rings (SSSR count). The van der Waals surface area contributed by atoms with Crippen LogP contribution in [-0.4, -0.2) is 76.4 Å². The quantitative estimate of drug-likeness (QED) is 0.114. The van der Waals surface area contributed by atoms with E-state index in [4.69, 9.17) is 14.2 Å². The fourth-order valence-electron chi connectivity index (χ4n) is 4.71. The summed E-state index contributed by atoms with van der Waals surface area (Å²) in [5, 5.41) is 8.22. The molecule has 0 saturated carbocycles. The normalized spacial score (nSPS) is 11.7. The summed E-state index contributed by atoms with van der Waals surface area (Å²) in [5.41, 5.74) is 2.51. The van der Waals surface area contributed by atoms with Crippen LogP contribution in [0.3, 0.4) is 0 Å². The van der Waals surface area contributed by atoms with Gasteiger partial charge in [0.25, 0.3) is 0 Å². The molecule has 0 aliphatic heterocycles. The van der Waals surface area contributed by atoms with Crippen LogP contribution in [0, 0.1) is 0 Å². The monoisotopic (exact) mass is 647 g/mol. The first kappa shape index (κ1) is 36.1. The molecule has 0 aromatic heterocycles. The van der Waals surface area contributed by atoms with Crippen molar-refractivity contribution >= 4 is 29.8 Å². The summed E-state index contributed by atoms with van der Waals surface area (Å²) in [5.74, 6) is -2.33. The maximum atomic E-state index is 13.6. The molecule has 3 aromatic rings. The fraction of sp³-hybridized carbons (Fsp3) is 0.343. The van der Waals surface area contributed by atoms with Gasteiger partial charge < -0.3 is 34.9 Å². The van der Waals surface area contributed by atoms with E-state index in [1.807, 2.05) is 60.7 Å². The van der Waals surface area contributed by atoms with Gasteiger partial charge in [-0.3, -0.25) is 9.59 Å². The van der Waals surface area contributed by atoms with Crippen molar-refractivity contribution in [1.29, 1.82) is 0 Å². The van der Waals surface area contributed by atoms with Crippen molar-refractivity contribution in [2.45, 2.75) is 44.2 Å². The van der Waals surface area contributed by atoms with Gasteiger partial charge in [-0.15, -0.1) is 0 Å². The average Bonchev–Trinajstić information content (AvgIpc) is 3.10. The Labute approximate surface area is 274 Å². The number of unbranched alkanes of at least 4 members (excludes halogenated alkanes) is 1. The summed E-state index contributed by atoms with van der Waals surface area (Å²) >= 11 is 0. The summed E-state index contributed by atoms with van der Waals surface area (Å²) < 4.78 is 19.7. The predicted molar refractivity (Wildman–Crippen MR) is 173 cm³/mol. The standard InChI is InChI=1S/C35H41N3O9/c1-44-31(39)23-47-30-18-17-26(20-27(30)34(42)45-2)22-28(32(40)36-19-11-10-14-24-12-6-4-7-13-24)37-33(41)29(38-35(43)46-3)21-25-15-8-5-9-16-25/h4-9,12-13,15-18,20,28-29H,10-11,14,19,21-23H2,1-3H3,(H,36,40)(H,37,41)(H,38,43). The molecule has 0 radical (unpaired) electrons. The highest BCUT2D eigenvalue weighted by Gasteiger charge is 2.28. The van der Waals surface area contributed by atoms with Crippen LogP contribution in [0.15, 0.2) is 78.9 Å². The Bertz CT molecular complexity index is 1480. The third kappa shape index (κ3) is 12.1. The number of carbonyl (C=O) groups is 5. The molecule has 0 aliphatic carbocycles. The number of esters is 2. The molecule has 47 heavy (non-hydrogen) atoms. The minimum Gasteiger partial charge on any atom is -0.481 e. The largest absolute Gasteiger partial charge is 0.481 e. The maximum Gasteiger partial charge on any atom is 0.407 e. The van der Waals surface area contributed by atoms with Crippen molar-refractivity contribution in [1.82, 2.24) is 16.0 Å². The van der Waals surface area contributed by atoms with Gasteiger partial charge >= 0.3 is 18.0 Å². The van der Waals surface area contributed by atoms with Crippen molar-refractivity contribution in [3.63, 3.8) is 0 Å². The Kier molecular flexibility index (Phi) is 14.7. The second-order valence-corrected chi connectivity index (χ2v) is 10.6. The molecule has 3 aromatic carbocycles. The third-order valence-corrected chi connectivity index (χ3v) is 7.21. The first-order valence-electron chi connectivity index (χ1n) is 15.1. The lowest BCUT2D eigenvalue weighted by Gasteiger charge is -2.23. The highest BCUT2D eigenvalue weighted by molar-refractivity contribution is 5.93. The smallest absolute Gasteiger partial charge is 0.407 e. The van der Waals surface area contributed by atoms with Gasteiger partial charge in [-0.05, 0) is 48.1 Å². The van der Waals surface area contributed by atoms with Crippen LogP contribution in [0.5, 0.6) is 5.75 Å². The Morgan fingerprint density at radius 1 is 0.660 bits per heavy atom. The lowest BCUT2D eigenvalue weighted by atomic mass is 10.0. The molecule has 250 valence electrons. The van der Waals surface area contributed by atoms with Crippen LogP contribution in [0.2, 0.25) is 0 Å². The number of nitrogens with one attached hydrogen (secondary N) is 3. The van der Waals surface area contributed by atoms with E-state index in [1.165, 1.54) is 39.0 Å². The minimum absolute atomic E-state index is 0.0147. The molecular weight excluding hydrogens is 606 g/mol. The predicted octanol–water partition coefficient (Wildman–Crippen LogP) is 3.16. The highest BCUT2D eigenvalue weighted by Crippen LogP contribution is 2.22. The SMILES string of the molecule is COC(=O)COc1ccc(CC(NC(=O)C(Cc2ccccc2)NC(=O)OC)C(=O)NCCCCc2ccccc2)cc1C(=O)OC. The molecule has 0 aliphatic rings. The number of aryl methyl sites for hydroxylation is 1. The lowest BCUT2D eigenvalue weighted by Crippen LogP contribution is -2.55. The van der Waals surface area contributed by atoms with Gasteiger partial charge in [0.15, 0.2) is 6.61 Å². The molecule has 3 N–H and O–H groups in total. The van der Waals surface area contributed by atoms with E-state index >= 15 is 0 Å². The second kappa shape index (κ2) is 19.2. The van der Waals surface area contributed by atoms with Crippen molar-refractivity contribution in [2.24, 2.45) is 0 Å². The highest BCUT2D eigenvalue weighted by atomic mass is 16.6. The van der Waals surface area contributed by atoms with Crippen LogP contribution >= 0.6 is 0 Å². The second-order valence-electron chi connectivity index (χ2n) is 10.6. The summed E-state index contributed by atoms with van der Waals surface area (Å²) in [4.78, 5) is 63.4. The molecule has 3 amide bonds. The summed E-state index contributed by atoms with van der Waals surface area (Å²) in [6.07, 6.45) is 1.75. The van der Waals surface area contributed by atoms with E-state index in [2.05, 4.69) is 20.7 Å². The third-order valence-electron chi connectivity index (χ3n) is 7.21. The number of rotatable bonds is 17. The van der Waals surface area contributed by atoms with Crippen molar-refractivity contribution in [2.75, 3.05) is 34.5 Å². The number of benzene rings is 3. The topological polar surface area (TPSA) is 158 Å². The zero-order chi connectivity index (χ0) is 34.0. The van der Waals surface area contributed by atoms with Gasteiger partial charge in [-0.2, -0.15) is 0 Å². The zero-order valence-electron chi connectivity index (χ0n) is 26.8. The maximum absolute atomic E-state index is 13.6. The van der Waals surface area contributed by atoms with E-state index in [9.17, 15) is 24.0 Å². The van der Waals surface area contributed by atoms with E-state index < -0.39 is 48.5 Å². The molecule has 0 fully saturated rings. The van der Waals surface area contributed by atoms with Crippen LogP contribution in [0.4, 0.5) is 4.79 Å².